The molecule has 19 heavy (non-hydrogen) atoms. The van der Waals surface area contributed by atoms with Crippen LogP contribution in [0, 0.1) is 11.8 Å². The van der Waals surface area contributed by atoms with Gasteiger partial charge >= 0.3 is 0 Å². The van der Waals surface area contributed by atoms with E-state index in [4.69, 9.17) is 4.52 Å². The molecule has 0 spiro atoms. The highest BCUT2D eigenvalue weighted by atomic mass is 31.2. The molecule has 0 aromatic carbocycles. The molecule has 3 unspecified atom stereocenters. The second-order valence-electron chi connectivity index (χ2n) is 5.66. The Morgan fingerprint density at radius 3 is 1.89 bits per heavy atom. The van der Waals surface area contributed by atoms with Crippen molar-refractivity contribution in [3.05, 3.63) is 0 Å². The fourth-order valence-corrected chi connectivity index (χ4v) is 3.65. The van der Waals surface area contributed by atoms with Crippen LogP contribution in [0.5, 0.6) is 0 Å². The van der Waals surface area contributed by atoms with Crippen LogP contribution in [0.2, 0.25) is 0 Å². The quantitative estimate of drug-likeness (QED) is 0.438. The van der Waals surface area contributed by atoms with Crippen molar-refractivity contribution in [2.24, 2.45) is 11.8 Å². The monoisotopic (exact) mass is 290 g/mol. The molecule has 0 aliphatic rings. The van der Waals surface area contributed by atoms with Crippen LogP contribution in [-0.4, -0.2) is 17.7 Å². The minimum atomic E-state index is -1.20. The van der Waals surface area contributed by atoms with Crippen LogP contribution in [0.3, 0.4) is 0 Å². The first-order valence-corrected chi connectivity index (χ1v) is 9.66. The molecular formula is C16H35O2P. The van der Waals surface area contributed by atoms with E-state index in [1.165, 1.54) is 38.5 Å². The molecule has 0 heterocycles. The average molecular weight is 290 g/mol. The Labute approximate surface area is 122 Å². The van der Waals surface area contributed by atoms with Crippen LogP contribution < -0.4 is 0 Å². The lowest BCUT2D eigenvalue weighted by Crippen LogP contribution is -2.10. The van der Waals surface area contributed by atoms with Gasteiger partial charge in [0.15, 0.2) is 8.38 Å². The summed E-state index contributed by atoms with van der Waals surface area (Å²) >= 11 is 0. The van der Waals surface area contributed by atoms with Crippen LogP contribution in [0.1, 0.15) is 79.1 Å². The average Bonchev–Trinajstić information content (AvgIpc) is 2.43. The van der Waals surface area contributed by atoms with E-state index >= 15 is 0 Å². The first-order chi connectivity index (χ1) is 9.17. The van der Waals surface area contributed by atoms with E-state index in [2.05, 4.69) is 27.7 Å². The summed E-state index contributed by atoms with van der Waals surface area (Å²) in [6.07, 6.45) is 10.7. The molecule has 1 N–H and O–H groups in total. The maximum atomic E-state index is 10.1. The number of hydrogen-bond donors (Lipinski definition) is 1. The Bertz CT molecular complexity index is 188. The van der Waals surface area contributed by atoms with Gasteiger partial charge < -0.3 is 9.42 Å². The molecule has 0 rings (SSSR count). The summed E-state index contributed by atoms with van der Waals surface area (Å²) in [6.45, 7) is 9.65. The predicted molar refractivity (Wildman–Crippen MR) is 86.6 cm³/mol. The van der Waals surface area contributed by atoms with Crippen molar-refractivity contribution in [3.63, 3.8) is 0 Å². The van der Waals surface area contributed by atoms with Crippen molar-refractivity contribution < 1.29 is 9.42 Å². The van der Waals surface area contributed by atoms with Crippen molar-refractivity contribution in [1.82, 2.24) is 0 Å². The maximum absolute atomic E-state index is 10.1. The third-order valence-corrected chi connectivity index (χ3v) is 5.24. The van der Waals surface area contributed by atoms with Crippen molar-refractivity contribution >= 4 is 8.38 Å². The standard InChI is InChI=1S/C16H35O2P/c1-5-9-11-15(7-3)13-18-19(17)14-16(8-4)12-10-6-2/h15-17H,5-14H2,1-4H3. The Hall–Kier alpha value is 0.350. The zero-order valence-electron chi connectivity index (χ0n) is 13.5. The zero-order valence-corrected chi connectivity index (χ0v) is 14.4. The van der Waals surface area contributed by atoms with Crippen LogP contribution >= 0.6 is 8.38 Å². The van der Waals surface area contributed by atoms with Gasteiger partial charge in [0.05, 0.1) is 6.61 Å². The molecule has 0 fully saturated rings. The molecule has 3 heteroatoms. The van der Waals surface area contributed by atoms with E-state index in [-0.39, 0.29) is 0 Å². The minimum Gasteiger partial charge on any atom is -0.350 e. The van der Waals surface area contributed by atoms with Gasteiger partial charge in [-0.1, -0.05) is 66.2 Å². The number of hydrogen-bond acceptors (Lipinski definition) is 2. The van der Waals surface area contributed by atoms with E-state index in [0.717, 1.165) is 25.6 Å². The van der Waals surface area contributed by atoms with Crippen LogP contribution in [0.25, 0.3) is 0 Å². The minimum absolute atomic E-state index is 0.632. The van der Waals surface area contributed by atoms with Crippen molar-refractivity contribution in [1.29, 1.82) is 0 Å². The molecular weight excluding hydrogens is 255 g/mol. The summed E-state index contributed by atoms with van der Waals surface area (Å²) in [5.41, 5.74) is 0. The van der Waals surface area contributed by atoms with E-state index in [0.29, 0.717) is 11.8 Å². The molecule has 0 saturated heterocycles. The number of unbranched alkanes of at least 4 members (excludes halogenated alkanes) is 2. The van der Waals surface area contributed by atoms with E-state index < -0.39 is 8.38 Å². The predicted octanol–water partition coefficient (Wildman–Crippen LogP) is 5.74. The second kappa shape index (κ2) is 13.3. The van der Waals surface area contributed by atoms with Gasteiger partial charge in [-0.05, 0) is 24.7 Å². The van der Waals surface area contributed by atoms with Gasteiger partial charge in [-0.2, -0.15) is 0 Å². The zero-order chi connectivity index (χ0) is 14.5. The highest BCUT2D eigenvalue weighted by molar-refractivity contribution is 7.46. The molecule has 0 saturated carbocycles. The fraction of sp³-hybridized carbons (Fsp3) is 1.00. The van der Waals surface area contributed by atoms with Gasteiger partial charge in [-0.3, -0.25) is 0 Å². The van der Waals surface area contributed by atoms with Crippen LogP contribution in [0.4, 0.5) is 0 Å². The molecule has 0 aliphatic carbocycles. The van der Waals surface area contributed by atoms with Crippen LogP contribution in [-0.2, 0) is 4.52 Å². The summed E-state index contributed by atoms with van der Waals surface area (Å²) in [6, 6.07) is 0. The lowest BCUT2D eigenvalue weighted by Gasteiger charge is -2.21. The van der Waals surface area contributed by atoms with E-state index in [9.17, 15) is 4.89 Å². The molecule has 116 valence electrons. The van der Waals surface area contributed by atoms with Crippen molar-refractivity contribution in [2.75, 3.05) is 12.8 Å². The summed E-state index contributed by atoms with van der Waals surface area (Å²) in [4.78, 5) is 10.1. The highest BCUT2D eigenvalue weighted by Crippen LogP contribution is 2.37. The fourth-order valence-electron chi connectivity index (χ4n) is 2.28. The van der Waals surface area contributed by atoms with Gasteiger partial charge in [0.25, 0.3) is 0 Å². The molecule has 0 amide bonds. The van der Waals surface area contributed by atoms with Crippen molar-refractivity contribution in [3.8, 4) is 0 Å². The Kier molecular flexibility index (Phi) is 13.6. The smallest absolute Gasteiger partial charge is 0.167 e. The second-order valence-corrected chi connectivity index (χ2v) is 6.99. The Balaban J connectivity index is 3.83. The molecule has 0 aliphatic heterocycles. The lowest BCUT2D eigenvalue weighted by molar-refractivity contribution is 0.229. The molecule has 0 radical (unpaired) electrons. The van der Waals surface area contributed by atoms with Gasteiger partial charge in [-0.15, -0.1) is 0 Å². The number of rotatable bonds is 13. The van der Waals surface area contributed by atoms with Gasteiger partial charge in [-0.25, -0.2) is 0 Å². The maximum Gasteiger partial charge on any atom is 0.167 e. The normalized spacial score (nSPS) is 16.3. The third kappa shape index (κ3) is 10.8. The Morgan fingerprint density at radius 2 is 1.42 bits per heavy atom. The largest absolute Gasteiger partial charge is 0.350 e. The summed E-state index contributed by atoms with van der Waals surface area (Å²) in [5, 5.41) is 0. The molecule has 0 aromatic heterocycles. The molecule has 0 bridgehead atoms. The van der Waals surface area contributed by atoms with Crippen LogP contribution in [0.15, 0.2) is 0 Å². The Morgan fingerprint density at radius 1 is 0.895 bits per heavy atom. The topological polar surface area (TPSA) is 29.5 Å². The van der Waals surface area contributed by atoms with Gasteiger partial charge in [0.1, 0.15) is 0 Å². The molecule has 3 atom stereocenters. The third-order valence-electron chi connectivity index (χ3n) is 3.96. The molecule has 0 aromatic rings. The van der Waals surface area contributed by atoms with Gasteiger partial charge in [0.2, 0.25) is 0 Å². The summed E-state index contributed by atoms with van der Waals surface area (Å²) in [7, 11) is -1.20. The lowest BCUT2D eigenvalue weighted by atomic mass is 10.0. The highest BCUT2D eigenvalue weighted by Gasteiger charge is 2.15. The van der Waals surface area contributed by atoms with Gasteiger partial charge in [0, 0.05) is 6.16 Å². The molecule has 2 nitrogen and oxygen atoms in total. The summed E-state index contributed by atoms with van der Waals surface area (Å²) in [5.74, 6) is 1.28. The van der Waals surface area contributed by atoms with E-state index in [1.54, 1.807) is 0 Å². The first kappa shape index (κ1) is 19.4. The first-order valence-electron chi connectivity index (χ1n) is 8.27. The van der Waals surface area contributed by atoms with E-state index in [1.807, 2.05) is 0 Å². The summed E-state index contributed by atoms with van der Waals surface area (Å²) < 4.78 is 5.72. The van der Waals surface area contributed by atoms with Crippen molar-refractivity contribution in [2.45, 2.75) is 79.1 Å². The SMILES string of the molecule is CCCCC(CC)COP(O)CC(CC)CCCC.